The van der Waals surface area contributed by atoms with Gasteiger partial charge < -0.3 is 15.6 Å². The zero-order chi connectivity index (χ0) is 16.5. The third kappa shape index (κ3) is 3.57. The molecule has 1 aromatic carbocycles. The zero-order valence-electron chi connectivity index (χ0n) is 13.1. The molecule has 1 unspecified atom stereocenters. The van der Waals surface area contributed by atoms with Crippen LogP contribution >= 0.6 is 0 Å². The van der Waals surface area contributed by atoms with E-state index < -0.39 is 23.7 Å². The van der Waals surface area contributed by atoms with Gasteiger partial charge in [-0.05, 0) is 38.3 Å². The van der Waals surface area contributed by atoms with Crippen molar-refractivity contribution in [3.63, 3.8) is 0 Å². The van der Waals surface area contributed by atoms with E-state index in [4.69, 9.17) is 15.6 Å². The standard InChI is InChI=1S/C16H22N2O4/c1-16(2,3)22-15(21)18-8-7-10-5-4-6-11(14(10)18)12(17)9-13(19)20/h4-6,12H,7-9,17H2,1-3H3,(H,19,20). The number of benzene rings is 1. The van der Waals surface area contributed by atoms with Crippen LogP contribution in [0.5, 0.6) is 0 Å². The van der Waals surface area contributed by atoms with E-state index in [0.29, 0.717) is 24.2 Å². The van der Waals surface area contributed by atoms with E-state index in [2.05, 4.69) is 0 Å². The Hall–Kier alpha value is -2.08. The van der Waals surface area contributed by atoms with Crippen molar-refractivity contribution in [2.75, 3.05) is 11.4 Å². The van der Waals surface area contributed by atoms with Crippen molar-refractivity contribution < 1.29 is 19.4 Å². The quantitative estimate of drug-likeness (QED) is 0.894. The maximum atomic E-state index is 12.4. The fourth-order valence-corrected chi connectivity index (χ4v) is 2.58. The molecule has 22 heavy (non-hydrogen) atoms. The summed E-state index contributed by atoms with van der Waals surface area (Å²) in [5, 5.41) is 8.94. The Kier molecular flexibility index (Phi) is 4.42. The molecule has 0 saturated heterocycles. The molecule has 1 aliphatic rings. The lowest BCUT2D eigenvalue weighted by atomic mass is 9.99. The van der Waals surface area contributed by atoms with Crippen molar-refractivity contribution in [3.05, 3.63) is 29.3 Å². The van der Waals surface area contributed by atoms with Gasteiger partial charge in [0, 0.05) is 12.6 Å². The number of carbonyl (C=O) groups is 2. The highest BCUT2D eigenvalue weighted by atomic mass is 16.6. The number of carbonyl (C=O) groups excluding carboxylic acids is 1. The summed E-state index contributed by atoms with van der Waals surface area (Å²) in [7, 11) is 0. The van der Waals surface area contributed by atoms with Gasteiger partial charge in [0.15, 0.2) is 0 Å². The van der Waals surface area contributed by atoms with Gasteiger partial charge in [0.05, 0.1) is 12.1 Å². The maximum absolute atomic E-state index is 12.4. The molecule has 0 saturated carbocycles. The van der Waals surface area contributed by atoms with Crippen LogP contribution in [0.25, 0.3) is 0 Å². The number of amides is 1. The number of carboxylic acids is 1. The first kappa shape index (κ1) is 16.3. The normalized spacial score (nSPS) is 15.4. The molecule has 6 nitrogen and oxygen atoms in total. The van der Waals surface area contributed by atoms with Crippen LogP contribution in [-0.4, -0.2) is 29.3 Å². The fraction of sp³-hybridized carbons (Fsp3) is 0.500. The van der Waals surface area contributed by atoms with Gasteiger partial charge in [0.1, 0.15) is 5.60 Å². The first-order valence-electron chi connectivity index (χ1n) is 7.28. The van der Waals surface area contributed by atoms with Gasteiger partial charge in [-0.2, -0.15) is 0 Å². The lowest BCUT2D eigenvalue weighted by Crippen LogP contribution is -2.36. The van der Waals surface area contributed by atoms with Crippen LogP contribution in [0.3, 0.4) is 0 Å². The SMILES string of the molecule is CC(C)(C)OC(=O)N1CCc2cccc(C(N)CC(=O)O)c21. The highest BCUT2D eigenvalue weighted by Gasteiger charge is 2.32. The molecule has 2 rings (SSSR count). The number of hydrogen-bond acceptors (Lipinski definition) is 4. The van der Waals surface area contributed by atoms with Gasteiger partial charge in [0.2, 0.25) is 0 Å². The van der Waals surface area contributed by atoms with Gasteiger partial charge in [-0.15, -0.1) is 0 Å². The van der Waals surface area contributed by atoms with E-state index in [1.54, 1.807) is 11.0 Å². The summed E-state index contributed by atoms with van der Waals surface area (Å²) in [5.41, 5.74) is 7.77. The zero-order valence-corrected chi connectivity index (χ0v) is 13.1. The molecule has 0 fully saturated rings. The summed E-state index contributed by atoms with van der Waals surface area (Å²) >= 11 is 0. The van der Waals surface area contributed by atoms with Crippen molar-refractivity contribution in [1.82, 2.24) is 0 Å². The Bertz CT molecular complexity index is 592. The van der Waals surface area contributed by atoms with E-state index in [1.807, 2.05) is 32.9 Å². The fourth-order valence-electron chi connectivity index (χ4n) is 2.58. The van der Waals surface area contributed by atoms with Crippen LogP contribution in [0.1, 0.15) is 44.4 Å². The average Bonchev–Trinajstić information content (AvgIpc) is 2.79. The predicted molar refractivity (Wildman–Crippen MR) is 82.9 cm³/mol. The number of para-hydroxylation sites is 1. The summed E-state index contributed by atoms with van der Waals surface area (Å²) in [4.78, 5) is 24.8. The van der Waals surface area contributed by atoms with Crippen molar-refractivity contribution in [2.45, 2.75) is 45.3 Å². The molecule has 120 valence electrons. The molecule has 1 aromatic rings. The second-order valence-electron chi connectivity index (χ2n) is 6.44. The third-order valence-corrected chi connectivity index (χ3v) is 3.43. The molecule has 1 amide bonds. The van der Waals surface area contributed by atoms with E-state index in [9.17, 15) is 9.59 Å². The smallest absolute Gasteiger partial charge is 0.414 e. The Morgan fingerprint density at radius 1 is 1.41 bits per heavy atom. The van der Waals surface area contributed by atoms with Gasteiger partial charge >= 0.3 is 12.1 Å². The first-order chi connectivity index (χ1) is 10.2. The molecule has 6 heteroatoms. The number of fused-ring (bicyclic) bond motifs is 1. The van der Waals surface area contributed by atoms with E-state index in [0.717, 1.165) is 5.56 Å². The van der Waals surface area contributed by atoms with Crippen molar-refractivity contribution in [3.8, 4) is 0 Å². The van der Waals surface area contributed by atoms with Gasteiger partial charge in [0.25, 0.3) is 0 Å². The minimum Gasteiger partial charge on any atom is -0.481 e. The average molecular weight is 306 g/mol. The first-order valence-corrected chi connectivity index (χ1v) is 7.28. The van der Waals surface area contributed by atoms with E-state index in [-0.39, 0.29) is 6.42 Å². The van der Waals surface area contributed by atoms with Crippen LogP contribution in [0.15, 0.2) is 18.2 Å². The Morgan fingerprint density at radius 3 is 2.68 bits per heavy atom. The molecule has 1 aliphatic heterocycles. The number of hydrogen-bond donors (Lipinski definition) is 2. The Morgan fingerprint density at radius 2 is 2.09 bits per heavy atom. The molecule has 1 atom stereocenters. The molecule has 0 spiro atoms. The number of rotatable bonds is 3. The summed E-state index contributed by atoms with van der Waals surface area (Å²) in [6, 6.07) is 4.88. The maximum Gasteiger partial charge on any atom is 0.414 e. The third-order valence-electron chi connectivity index (χ3n) is 3.43. The molecule has 0 aromatic heterocycles. The number of nitrogens with two attached hydrogens (primary N) is 1. The molecular weight excluding hydrogens is 284 g/mol. The summed E-state index contributed by atoms with van der Waals surface area (Å²) in [6.07, 6.45) is 0.0992. The lowest BCUT2D eigenvalue weighted by Gasteiger charge is -2.27. The second-order valence-corrected chi connectivity index (χ2v) is 6.44. The second kappa shape index (κ2) is 5.96. The number of nitrogens with zero attached hydrogens (tertiary/aromatic N) is 1. The molecule has 0 radical (unpaired) electrons. The van der Waals surface area contributed by atoms with Gasteiger partial charge in [-0.3, -0.25) is 9.69 Å². The van der Waals surface area contributed by atoms with Gasteiger partial charge in [-0.25, -0.2) is 4.79 Å². The van der Waals surface area contributed by atoms with Crippen LogP contribution in [0, 0.1) is 0 Å². The minimum absolute atomic E-state index is 0.182. The number of ether oxygens (including phenoxy) is 1. The summed E-state index contributed by atoms with van der Waals surface area (Å²) in [6.45, 7) is 5.94. The summed E-state index contributed by atoms with van der Waals surface area (Å²) in [5.74, 6) is -0.966. The van der Waals surface area contributed by atoms with Gasteiger partial charge in [-0.1, -0.05) is 18.2 Å². The van der Waals surface area contributed by atoms with Crippen molar-refractivity contribution in [2.24, 2.45) is 5.73 Å². The summed E-state index contributed by atoms with van der Waals surface area (Å²) < 4.78 is 5.42. The monoisotopic (exact) mass is 306 g/mol. The van der Waals surface area contributed by atoms with Crippen molar-refractivity contribution in [1.29, 1.82) is 0 Å². The van der Waals surface area contributed by atoms with Crippen molar-refractivity contribution >= 4 is 17.7 Å². The Balaban J connectivity index is 2.33. The highest BCUT2D eigenvalue weighted by molar-refractivity contribution is 5.92. The molecule has 3 N–H and O–H groups in total. The van der Waals surface area contributed by atoms with Crippen LogP contribution in [-0.2, 0) is 16.0 Å². The van der Waals surface area contributed by atoms with Crippen LogP contribution < -0.4 is 10.6 Å². The predicted octanol–water partition coefficient (Wildman–Crippen LogP) is 2.46. The molecule has 1 heterocycles. The Labute approximate surface area is 129 Å². The lowest BCUT2D eigenvalue weighted by molar-refractivity contribution is -0.137. The van der Waals surface area contributed by atoms with E-state index in [1.165, 1.54) is 0 Å². The topological polar surface area (TPSA) is 92.9 Å². The number of anilines is 1. The van der Waals surface area contributed by atoms with Crippen LogP contribution in [0.2, 0.25) is 0 Å². The highest BCUT2D eigenvalue weighted by Crippen LogP contribution is 2.36. The molecular formula is C16H22N2O4. The number of aliphatic carboxylic acids is 1. The molecule has 0 aliphatic carbocycles. The van der Waals surface area contributed by atoms with E-state index >= 15 is 0 Å². The molecule has 0 bridgehead atoms. The minimum atomic E-state index is -0.966. The number of carboxylic acid groups (broad SMARTS) is 1. The van der Waals surface area contributed by atoms with Crippen LogP contribution in [0.4, 0.5) is 10.5 Å². The largest absolute Gasteiger partial charge is 0.481 e.